The maximum atomic E-state index is 11.2. The van der Waals surface area contributed by atoms with Crippen molar-refractivity contribution in [3.63, 3.8) is 0 Å². The summed E-state index contributed by atoms with van der Waals surface area (Å²) in [5, 5.41) is 4.67. The highest BCUT2D eigenvalue weighted by Gasteiger charge is 2.23. The highest BCUT2D eigenvalue weighted by atomic mass is 35.5. The summed E-state index contributed by atoms with van der Waals surface area (Å²) < 4.78 is 0. The van der Waals surface area contributed by atoms with Gasteiger partial charge in [-0.3, -0.25) is 9.69 Å². The van der Waals surface area contributed by atoms with Gasteiger partial charge in [-0.05, 0) is 18.2 Å². The lowest BCUT2D eigenvalue weighted by Gasteiger charge is -2.25. The average molecular weight is 268 g/mol. The highest BCUT2D eigenvalue weighted by molar-refractivity contribution is 7.99. The van der Waals surface area contributed by atoms with E-state index in [0.717, 1.165) is 27.6 Å². The summed E-state index contributed by atoms with van der Waals surface area (Å²) in [5.74, 6) is 0. The molecule has 0 saturated heterocycles. The van der Waals surface area contributed by atoms with Crippen LogP contribution < -0.4 is 4.90 Å². The fourth-order valence-corrected chi connectivity index (χ4v) is 3.84. The van der Waals surface area contributed by atoms with E-state index in [1.165, 1.54) is 0 Å². The molecule has 0 fully saturated rings. The van der Waals surface area contributed by atoms with Crippen molar-refractivity contribution in [1.29, 1.82) is 0 Å². The summed E-state index contributed by atoms with van der Waals surface area (Å²) in [5.41, 5.74) is 1.80. The zero-order chi connectivity index (χ0) is 11.1. The molecule has 5 heteroatoms. The van der Waals surface area contributed by atoms with Gasteiger partial charge >= 0.3 is 0 Å². The molecule has 0 unspecified atom stereocenters. The lowest BCUT2D eigenvalue weighted by molar-refractivity contribution is -0.106. The second kappa shape index (κ2) is 3.80. The minimum atomic E-state index is 0.643. The molecule has 16 heavy (non-hydrogen) atoms. The molecule has 1 amide bonds. The summed E-state index contributed by atoms with van der Waals surface area (Å²) in [7, 11) is 0. The minimum absolute atomic E-state index is 0.643. The van der Waals surface area contributed by atoms with Gasteiger partial charge in [0, 0.05) is 25.6 Å². The van der Waals surface area contributed by atoms with E-state index in [1.807, 2.05) is 29.0 Å². The van der Waals surface area contributed by atoms with Gasteiger partial charge in [-0.1, -0.05) is 23.4 Å². The third-order valence-electron chi connectivity index (χ3n) is 2.37. The minimum Gasteiger partial charge on any atom is -0.280 e. The molecular formula is C11H6ClNOS2. The first-order valence-electron chi connectivity index (χ1n) is 4.58. The summed E-state index contributed by atoms with van der Waals surface area (Å²) in [4.78, 5) is 15.0. The maximum absolute atomic E-state index is 11.2. The number of carbonyl (C=O) groups is 1. The van der Waals surface area contributed by atoms with Crippen LogP contribution in [0.3, 0.4) is 0 Å². The fourth-order valence-electron chi connectivity index (χ4n) is 1.66. The molecule has 0 spiro atoms. The Labute approximate surface area is 106 Å². The predicted molar refractivity (Wildman–Crippen MR) is 68.1 cm³/mol. The van der Waals surface area contributed by atoms with Crippen molar-refractivity contribution in [1.82, 2.24) is 0 Å². The Kier molecular flexibility index (Phi) is 2.42. The van der Waals surface area contributed by atoms with E-state index in [1.54, 1.807) is 28.0 Å². The molecule has 2 nitrogen and oxygen atoms in total. The first-order chi connectivity index (χ1) is 7.79. The van der Waals surface area contributed by atoms with Crippen molar-refractivity contribution in [2.24, 2.45) is 0 Å². The Morgan fingerprint density at radius 2 is 2.06 bits per heavy atom. The van der Waals surface area contributed by atoms with Crippen molar-refractivity contribution >= 4 is 52.5 Å². The molecule has 1 aliphatic rings. The first-order valence-corrected chi connectivity index (χ1v) is 6.71. The number of rotatable bonds is 1. The van der Waals surface area contributed by atoms with Crippen LogP contribution in [0.2, 0.25) is 5.02 Å². The highest BCUT2D eigenvalue weighted by Crippen LogP contribution is 2.49. The quantitative estimate of drug-likeness (QED) is 0.723. The largest absolute Gasteiger partial charge is 0.280 e. The third kappa shape index (κ3) is 1.45. The van der Waals surface area contributed by atoms with Crippen LogP contribution in [0.25, 0.3) is 0 Å². The SMILES string of the molecule is O=CN1c2cscc2Sc2ccc(Cl)cc21. The van der Waals surface area contributed by atoms with Crippen molar-refractivity contribution in [2.75, 3.05) is 4.90 Å². The molecule has 0 N–H and O–H groups in total. The number of carbonyl (C=O) groups excluding carboxylic acids is 1. The molecule has 0 bridgehead atoms. The van der Waals surface area contributed by atoms with E-state index < -0.39 is 0 Å². The molecule has 0 aliphatic carbocycles. The van der Waals surface area contributed by atoms with Gasteiger partial charge in [-0.2, -0.15) is 0 Å². The molecule has 80 valence electrons. The van der Waals surface area contributed by atoms with E-state index >= 15 is 0 Å². The normalized spacial score (nSPS) is 13.2. The molecule has 2 heterocycles. The van der Waals surface area contributed by atoms with Gasteiger partial charge in [0.2, 0.25) is 6.41 Å². The number of hydrogen-bond donors (Lipinski definition) is 0. The molecule has 0 atom stereocenters. The van der Waals surface area contributed by atoms with E-state index in [4.69, 9.17) is 11.6 Å². The van der Waals surface area contributed by atoms with Crippen LogP contribution >= 0.6 is 34.7 Å². The van der Waals surface area contributed by atoms with Gasteiger partial charge in [0.05, 0.1) is 11.4 Å². The second-order valence-corrected chi connectivity index (χ2v) is 5.57. The maximum Gasteiger partial charge on any atom is 0.218 e. The predicted octanol–water partition coefficient (Wildman–Crippen LogP) is 4.16. The molecule has 0 saturated carbocycles. The van der Waals surface area contributed by atoms with E-state index in [9.17, 15) is 4.79 Å². The van der Waals surface area contributed by atoms with E-state index in [-0.39, 0.29) is 0 Å². The van der Waals surface area contributed by atoms with Gasteiger partial charge in [0.25, 0.3) is 0 Å². The van der Waals surface area contributed by atoms with Gasteiger partial charge < -0.3 is 0 Å². The number of amides is 1. The molecule has 0 radical (unpaired) electrons. The lowest BCUT2D eigenvalue weighted by Crippen LogP contribution is -2.17. The number of thiophene rings is 1. The van der Waals surface area contributed by atoms with Gasteiger partial charge in [-0.25, -0.2) is 0 Å². The van der Waals surface area contributed by atoms with Crippen molar-refractivity contribution in [3.8, 4) is 0 Å². The van der Waals surface area contributed by atoms with Crippen LogP contribution in [-0.4, -0.2) is 6.41 Å². The van der Waals surface area contributed by atoms with Crippen LogP contribution in [0.5, 0.6) is 0 Å². The molecule has 1 aliphatic heterocycles. The zero-order valence-corrected chi connectivity index (χ0v) is 10.4. The van der Waals surface area contributed by atoms with E-state index in [2.05, 4.69) is 0 Å². The van der Waals surface area contributed by atoms with Crippen molar-refractivity contribution in [2.45, 2.75) is 9.79 Å². The smallest absolute Gasteiger partial charge is 0.218 e. The van der Waals surface area contributed by atoms with Gasteiger partial charge in [0.15, 0.2) is 0 Å². The zero-order valence-electron chi connectivity index (χ0n) is 8.01. The Balaban J connectivity index is 2.22. The number of anilines is 2. The number of halogens is 1. The number of benzene rings is 1. The summed E-state index contributed by atoms with van der Waals surface area (Å²) in [6.07, 6.45) is 0.834. The van der Waals surface area contributed by atoms with Gasteiger partial charge in [-0.15, -0.1) is 11.3 Å². The number of fused-ring (bicyclic) bond motifs is 2. The average Bonchev–Trinajstić information content (AvgIpc) is 2.73. The standard InChI is InChI=1S/C11H6ClNOS2/c12-7-1-2-10-8(3-7)13(6-14)9-4-15-5-11(9)16-10/h1-6H. The summed E-state index contributed by atoms with van der Waals surface area (Å²) in [6, 6.07) is 5.60. The van der Waals surface area contributed by atoms with Crippen LogP contribution in [0.1, 0.15) is 0 Å². The van der Waals surface area contributed by atoms with Crippen molar-refractivity contribution < 1.29 is 4.79 Å². The Hall–Kier alpha value is -0.970. The number of nitrogens with zero attached hydrogens (tertiary/aromatic N) is 1. The second-order valence-electron chi connectivity index (χ2n) is 3.31. The van der Waals surface area contributed by atoms with Crippen LogP contribution in [-0.2, 0) is 4.79 Å². The monoisotopic (exact) mass is 267 g/mol. The summed E-state index contributed by atoms with van der Waals surface area (Å²) >= 11 is 9.21. The Morgan fingerprint density at radius 1 is 1.19 bits per heavy atom. The Bertz CT molecular complexity index is 567. The molecule has 1 aromatic carbocycles. The van der Waals surface area contributed by atoms with Crippen LogP contribution in [0.15, 0.2) is 38.8 Å². The molecular weight excluding hydrogens is 262 g/mol. The molecule has 1 aromatic heterocycles. The molecule has 3 rings (SSSR count). The van der Waals surface area contributed by atoms with Crippen molar-refractivity contribution in [3.05, 3.63) is 34.0 Å². The topological polar surface area (TPSA) is 20.3 Å². The van der Waals surface area contributed by atoms with E-state index in [0.29, 0.717) is 5.02 Å². The number of hydrogen-bond acceptors (Lipinski definition) is 3. The third-order valence-corrected chi connectivity index (χ3v) is 4.60. The fraction of sp³-hybridized carbons (Fsp3) is 0. The van der Waals surface area contributed by atoms with Gasteiger partial charge in [0.1, 0.15) is 0 Å². The lowest BCUT2D eigenvalue weighted by atomic mass is 10.2. The van der Waals surface area contributed by atoms with Crippen LogP contribution in [0.4, 0.5) is 11.4 Å². The van der Waals surface area contributed by atoms with Crippen LogP contribution in [0, 0.1) is 0 Å². The molecule has 2 aromatic rings. The Morgan fingerprint density at radius 3 is 2.88 bits per heavy atom. The first kappa shape index (κ1) is 10.2. The summed E-state index contributed by atoms with van der Waals surface area (Å²) in [6.45, 7) is 0.